The monoisotopic (exact) mass is 348 g/mol. The maximum absolute atomic E-state index is 13.1. The topological polar surface area (TPSA) is 85.2 Å². The molecule has 0 bridgehead atoms. The molecule has 7 nitrogen and oxygen atoms in total. The highest BCUT2D eigenvalue weighted by Gasteiger charge is 2.50. The maximum atomic E-state index is 13.1. The summed E-state index contributed by atoms with van der Waals surface area (Å²) in [5.41, 5.74) is -0.473. The normalized spacial score (nSPS) is 22.0. The minimum Gasteiger partial charge on any atom is -0.297 e. The van der Waals surface area contributed by atoms with Crippen LogP contribution in [0.4, 0.5) is 0 Å². The van der Waals surface area contributed by atoms with Gasteiger partial charge in [0.05, 0.1) is 6.20 Å². The van der Waals surface area contributed by atoms with Crippen LogP contribution in [0.15, 0.2) is 41.6 Å². The Hall–Kier alpha value is -2.06. The summed E-state index contributed by atoms with van der Waals surface area (Å²) in [6.45, 7) is 0. The summed E-state index contributed by atoms with van der Waals surface area (Å²) in [5, 5.41) is 7.32. The van der Waals surface area contributed by atoms with Gasteiger partial charge < -0.3 is 0 Å². The van der Waals surface area contributed by atoms with Crippen LogP contribution in [-0.4, -0.2) is 40.5 Å². The number of ketones is 1. The van der Waals surface area contributed by atoms with Gasteiger partial charge in [0.1, 0.15) is 5.54 Å². The Kier molecular flexibility index (Phi) is 4.27. The third-order valence-corrected chi connectivity index (χ3v) is 6.67. The Morgan fingerprint density at radius 1 is 1.21 bits per heavy atom. The van der Waals surface area contributed by atoms with Gasteiger partial charge in [-0.1, -0.05) is 42.0 Å². The van der Waals surface area contributed by atoms with Crippen molar-refractivity contribution in [3.05, 3.63) is 42.1 Å². The van der Waals surface area contributed by atoms with Crippen LogP contribution < -0.4 is 0 Å². The molecular formula is C16H20N4O3S. The molecule has 0 radical (unpaired) electrons. The van der Waals surface area contributed by atoms with Crippen molar-refractivity contribution in [1.82, 2.24) is 19.3 Å². The third kappa shape index (κ3) is 2.46. The second-order valence-corrected chi connectivity index (χ2v) is 7.94. The van der Waals surface area contributed by atoms with Crippen LogP contribution in [0.25, 0.3) is 0 Å². The molecule has 0 aliphatic heterocycles. The molecule has 3 rings (SSSR count). The largest absolute Gasteiger partial charge is 0.297 e. The molecule has 2 aromatic rings. The van der Waals surface area contributed by atoms with Crippen molar-refractivity contribution in [3.8, 4) is 0 Å². The first-order valence-electron chi connectivity index (χ1n) is 7.83. The van der Waals surface area contributed by atoms with Gasteiger partial charge in [0.2, 0.25) is 0 Å². The number of benzene rings is 1. The maximum Gasteiger partial charge on any atom is 0.262 e. The average Bonchev–Trinajstić information content (AvgIpc) is 3.02. The van der Waals surface area contributed by atoms with Crippen LogP contribution in [0.2, 0.25) is 0 Å². The number of rotatable bonds is 4. The first-order valence-corrected chi connectivity index (χ1v) is 9.27. The summed E-state index contributed by atoms with van der Waals surface area (Å²) in [5.74, 6) is -0.0684. The molecule has 1 aromatic carbocycles. The van der Waals surface area contributed by atoms with Crippen LogP contribution in [0.1, 0.15) is 31.2 Å². The van der Waals surface area contributed by atoms with Crippen molar-refractivity contribution in [3.63, 3.8) is 0 Å². The highest BCUT2D eigenvalue weighted by Crippen LogP contribution is 2.41. The number of hydrogen-bond donors (Lipinski definition) is 0. The van der Waals surface area contributed by atoms with Crippen molar-refractivity contribution in [2.75, 3.05) is 7.05 Å². The number of nitrogens with zero attached hydrogens (tertiary/aromatic N) is 4. The zero-order chi connectivity index (χ0) is 17.4. The number of hydrogen-bond acceptors (Lipinski definition) is 5. The van der Waals surface area contributed by atoms with Gasteiger partial charge in [0.15, 0.2) is 10.8 Å². The molecule has 1 fully saturated rings. The fourth-order valence-corrected chi connectivity index (χ4v) is 4.95. The zero-order valence-corrected chi connectivity index (χ0v) is 14.5. The molecule has 1 unspecified atom stereocenters. The average molecular weight is 348 g/mol. The Morgan fingerprint density at radius 3 is 2.50 bits per heavy atom. The Bertz CT molecular complexity index is 847. The first kappa shape index (κ1) is 16.8. The lowest BCUT2D eigenvalue weighted by Gasteiger charge is -2.42. The molecule has 1 aliphatic carbocycles. The number of likely N-dealkylation sites (N-methyl/N-ethyl adjacent to an activating group) is 1. The van der Waals surface area contributed by atoms with Gasteiger partial charge in [-0.25, -0.2) is 13.1 Å². The molecule has 0 N–H and O–H groups in total. The number of carbonyl (C=O) groups is 1. The molecular weight excluding hydrogens is 328 g/mol. The second-order valence-electron chi connectivity index (χ2n) is 6.02. The van der Waals surface area contributed by atoms with E-state index in [-0.39, 0.29) is 10.8 Å². The van der Waals surface area contributed by atoms with Crippen LogP contribution in [0.3, 0.4) is 0 Å². The fourth-order valence-electron chi connectivity index (χ4n) is 3.41. The molecule has 1 heterocycles. The van der Waals surface area contributed by atoms with Crippen LogP contribution >= 0.6 is 0 Å². The van der Waals surface area contributed by atoms with E-state index in [2.05, 4.69) is 10.3 Å². The zero-order valence-electron chi connectivity index (χ0n) is 13.7. The van der Waals surface area contributed by atoms with Crippen molar-refractivity contribution in [1.29, 1.82) is 0 Å². The predicted molar refractivity (Wildman–Crippen MR) is 87.5 cm³/mol. The Labute approximate surface area is 141 Å². The number of aromatic nitrogens is 3. The molecule has 8 heteroatoms. The molecule has 1 atom stereocenters. The van der Waals surface area contributed by atoms with E-state index in [0.29, 0.717) is 18.4 Å². The van der Waals surface area contributed by atoms with Gasteiger partial charge in [0.25, 0.3) is 10.0 Å². The first-order chi connectivity index (χ1) is 11.4. The fraction of sp³-hybridized carbons (Fsp3) is 0.438. The van der Waals surface area contributed by atoms with E-state index in [1.165, 1.54) is 29.3 Å². The second kappa shape index (κ2) is 6.10. The van der Waals surface area contributed by atoms with E-state index in [9.17, 15) is 13.2 Å². The Morgan fingerprint density at radius 2 is 1.92 bits per heavy atom. The number of Topliss-reactive ketones (excluding diaryl/α,β-unsaturated/α-hetero) is 1. The SMILES string of the molecule is CN(C1(c2ccccc2)CCCCC1=O)S(=O)(=O)c1cnnn1C. The van der Waals surface area contributed by atoms with Gasteiger partial charge in [-0.2, -0.15) is 4.31 Å². The minimum atomic E-state index is -3.91. The quantitative estimate of drug-likeness (QED) is 0.835. The molecule has 0 amide bonds. The van der Waals surface area contributed by atoms with Gasteiger partial charge in [-0.05, 0) is 18.4 Å². The summed E-state index contributed by atoms with van der Waals surface area (Å²) in [6.07, 6.45) is 3.63. The summed E-state index contributed by atoms with van der Waals surface area (Å²) in [6, 6.07) is 9.13. The van der Waals surface area contributed by atoms with E-state index < -0.39 is 15.6 Å². The molecule has 1 aromatic heterocycles. The van der Waals surface area contributed by atoms with E-state index >= 15 is 0 Å². The number of sulfonamides is 1. The standard InChI is InChI=1S/C16H20N4O3S/c1-19-15(12-17-18-19)24(22,23)20(2)16(11-7-6-10-14(16)21)13-8-4-3-5-9-13/h3-5,8-9,12H,6-7,10-11H2,1-2H3. The molecule has 0 spiro atoms. The lowest BCUT2D eigenvalue weighted by atomic mass is 9.75. The van der Waals surface area contributed by atoms with Crippen molar-refractivity contribution in [2.45, 2.75) is 36.2 Å². The highest BCUT2D eigenvalue weighted by molar-refractivity contribution is 7.89. The molecule has 0 saturated heterocycles. The van der Waals surface area contributed by atoms with Crippen LogP contribution in [0, 0.1) is 0 Å². The summed E-state index contributed by atoms with van der Waals surface area (Å²) in [4.78, 5) is 12.9. The molecule has 128 valence electrons. The van der Waals surface area contributed by atoms with E-state index in [4.69, 9.17) is 0 Å². The van der Waals surface area contributed by atoms with Gasteiger partial charge in [0, 0.05) is 20.5 Å². The van der Waals surface area contributed by atoms with E-state index in [1.807, 2.05) is 30.3 Å². The van der Waals surface area contributed by atoms with Gasteiger partial charge in [-0.15, -0.1) is 5.10 Å². The third-order valence-electron chi connectivity index (χ3n) is 4.74. The number of carbonyl (C=O) groups excluding carboxylic acids is 1. The lowest BCUT2D eigenvalue weighted by Crippen LogP contribution is -2.54. The Balaban J connectivity index is 2.16. The lowest BCUT2D eigenvalue weighted by molar-refractivity contribution is -0.131. The molecule has 1 aliphatic rings. The smallest absolute Gasteiger partial charge is 0.262 e. The predicted octanol–water partition coefficient (Wildman–Crippen LogP) is 1.47. The molecule has 1 saturated carbocycles. The highest BCUT2D eigenvalue weighted by atomic mass is 32.2. The van der Waals surface area contributed by atoms with Gasteiger partial charge in [-0.3, -0.25) is 4.79 Å². The van der Waals surface area contributed by atoms with Gasteiger partial charge >= 0.3 is 0 Å². The van der Waals surface area contributed by atoms with E-state index in [1.54, 1.807) is 0 Å². The van der Waals surface area contributed by atoms with Crippen molar-refractivity contribution in [2.24, 2.45) is 7.05 Å². The van der Waals surface area contributed by atoms with Crippen molar-refractivity contribution < 1.29 is 13.2 Å². The van der Waals surface area contributed by atoms with Crippen molar-refractivity contribution >= 4 is 15.8 Å². The van der Waals surface area contributed by atoms with Crippen LogP contribution in [0.5, 0.6) is 0 Å². The summed E-state index contributed by atoms with van der Waals surface area (Å²) >= 11 is 0. The van der Waals surface area contributed by atoms with E-state index in [0.717, 1.165) is 12.8 Å². The van der Waals surface area contributed by atoms with Crippen LogP contribution in [-0.2, 0) is 27.4 Å². The summed E-state index contributed by atoms with van der Waals surface area (Å²) in [7, 11) is -0.925. The number of aryl methyl sites for hydroxylation is 1. The minimum absolute atomic E-state index is 0.0290. The molecule has 24 heavy (non-hydrogen) atoms. The summed E-state index contributed by atoms with van der Waals surface area (Å²) < 4.78 is 28.6.